The highest BCUT2D eigenvalue weighted by Gasteiger charge is 2.14. The van der Waals surface area contributed by atoms with Crippen LogP contribution in [0.5, 0.6) is 0 Å². The molecular weight excluding hydrogens is 254 g/mol. The van der Waals surface area contributed by atoms with Crippen LogP contribution in [0.15, 0.2) is 9.33 Å². The van der Waals surface area contributed by atoms with Crippen molar-refractivity contribution in [1.82, 2.24) is 15.5 Å². The molecule has 1 aliphatic carbocycles. The summed E-state index contributed by atoms with van der Waals surface area (Å²) in [5.74, 6) is 0.526. The van der Waals surface area contributed by atoms with E-state index in [1.54, 1.807) is 23.1 Å². The van der Waals surface area contributed by atoms with Crippen molar-refractivity contribution in [3.05, 3.63) is 5.01 Å². The first-order valence-corrected chi connectivity index (χ1v) is 7.75. The fourth-order valence-electron chi connectivity index (χ4n) is 1.86. The molecule has 1 aromatic heterocycles. The fourth-order valence-corrected chi connectivity index (χ4v) is 3.10. The highest BCUT2D eigenvalue weighted by molar-refractivity contribution is 8.00. The van der Waals surface area contributed by atoms with Crippen LogP contribution >= 0.6 is 23.1 Å². The average molecular weight is 271 g/mol. The van der Waals surface area contributed by atoms with Gasteiger partial charge in [0, 0.05) is 6.04 Å². The first-order chi connectivity index (χ1) is 8.28. The summed E-state index contributed by atoms with van der Waals surface area (Å²) < 4.78 is 0.970. The van der Waals surface area contributed by atoms with Gasteiger partial charge in [-0.3, -0.25) is 0 Å². The van der Waals surface area contributed by atoms with Gasteiger partial charge in [0.2, 0.25) is 0 Å². The van der Waals surface area contributed by atoms with E-state index >= 15 is 0 Å². The second kappa shape index (κ2) is 6.20. The molecule has 0 radical (unpaired) electrons. The Morgan fingerprint density at radius 2 is 2.29 bits per heavy atom. The molecule has 1 heterocycles. The lowest BCUT2D eigenvalue weighted by molar-refractivity contribution is 0.625. The van der Waals surface area contributed by atoms with Gasteiger partial charge in [0.05, 0.1) is 6.54 Å². The van der Waals surface area contributed by atoms with Gasteiger partial charge >= 0.3 is 0 Å². The molecule has 1 saturated carbocycles. The van der Waals surface area contributed by atoms with Crippen LogP contribution in [0, 0.1) is 0 Å². The molecule has 0 bridgehead atoms. The van der Waals surface area contributed by atoms with E-state index in [2.05, 4.69) is 20.5 Å². The molecule has 0 aromatic carbocycles. The van der Waals surface area contributed by atoms with E-state index in [0.717, 1.165) is 9.35 Å². The van der Waals surface area contributed by atoms with Gasteiger partial charge in [0.25, 0.3) is 0 Å². The SMILES string of the molecule is CSc1nnc(CN=C(N)NC2CCCC2)s1. The smallest absolute Gasteiger partial charge is 0.189 e. The van der Waals surface area contributed by atoms with Crippen LogP contribution in [-0.2, 0) is 6.54 Å². The minimum absolute atomic E-state index is 0.509. The van der Waals surface area contributed by atoms with E-state index in [-0.39, 0.29) is 0 Å². The molecule has 0 spiro atoms. The second-order valence-corrected chi connectivity index (χ2v) is 6.11. The summed E-state index contributed by atoms with van der Waals surface area (Å²) in [6.07, 6.45) is 6.97. The Bertz CT molecular complexity index is 384. The van der Waals surface area contributed by atoms with Crippen molar-refractivity contribution in [1.29, 1.82) is 0 Å². The quantitative estimate of drug-likeness (QED) is 0.494. The molecule has 2 rings (SSSR count). The molecule has 1 fully saturated rings. The Balaban J connectivity index is 1.82. The maximum Gasteiger partial charge on any atom is 0.189 e. The standard InChI is InChI=1S/C10H17N5S2/c1-16-10-15-14-8(17-10)6-12-9(11)13-7-4-2-3-5-7/h7H,2-6H2,1H3,(H3,11,12,13). The molecule has 5 nitrogen and oxygen atoms in total. The van der Waals surface area contributed by atoms with Crippen molar-refractivity contribution in [3.8, 4) is 0 Å². The number of hydrogen-bond acceptors (Lipinski definition) is 5. The number of hydrogen-bond donors (Lipinski definition) is 2. The van der Waals surface area contributed by atoms with Crippen molar-refractivity contribution >= 4 is 29.1 Å². The normalized spacial score (nSPS) is 17.6. The number of nitrogens with zero attached hydrogens (tertiary/aromatic N) is 3. The Morgan fingerprint density at radius 3 is 2.94 bits per heavy atom. The number of aromatic nitrogens is 2. The third kappa shape index (κ3) is 3.85. The van der Waals surface area contributed by atoms with Gasteiger partial charge in [-0.25, -0.2) is 4.99 Å². The first-order valence-electron chi connectivity index (χ1n) is 5.71. The Morgan fingerprint density at radius 1 is 1.53 bits per heavy atom. The number of nitrogens with two attached hydrogens (primary N) is 1. The molecule has 0 saturated heterocycles. The zero-order chi connectivity index (χ0) is 12.1. The van der Waals surface area contributed by atoms with Crippen LogP contribution in [0.4, 0.5) is 0 Å². The van der Waals surface area contributed by atoms with Crippen LogP contribution in [0.1, 0.15) is 30.7 Å². The molecule has 0 aliphatic heterocycles. The maximum atomic E-state index is 5.83. The van der Waals surface area contributed by atoms with Crippen molar-refractivity contribution in [3.63, 3.8) is 0 Å². The number of thioether (sulfide) groups is 1. The molecule has 1 aromatic rings. The highest BCUT2D eigenvalue weighted by Crippen LogP contribution is 2.20. The van der Waals surface area contributed by atoms with E-state index in [0.29, 0.717) is 18.5 Å². The van der Waals surface area contributed by atoms with Crippen molar-refractivity contribution in [2.45, 2.75) is 42.6 Å². The summed E-state index contributed by atoms with van der Waals surface area (Å²) in [5, 5.41) is 12.2. The van der Waals surface area contributed by atoms with E-state index in [1.165, 1.54) is 25.7 Å². The average Bonchev–Trinajstić information content (AvgIpc) is 2.96. The van der Waals surface area contributed by atoms with Crippen LogP contribution in [0.3, 0.4) is 0 Å². The van der Waals surface area contributed by atoms with Gasteiger partial charge in [-0.1, -0.05) is 35.9 Å². The van der Waals surface area contributed by atoms with E-state index in [9.17, 15) is 0 Å². The summed E-state index contributed by atoms with van der Waals surface area (Å²) >= 11 is 3.17. The molecule has 0 amide bonds. The predicted molar refractivity (Wildman–Crippen MR) is 72.4 cm³/mol. The molecule has 0 unspecified atom stereocenters. The summed E-state index contributed by atoms with van der Waals surface area (Å²) in [7, 11) is 0. The molecule has 3 N–H and O–H groups in total. The summed E-state index contributed by atoms with van der Waals surface area (Å²) in [5.41, 5.74) is 5.83. The van der Waals surface area contributed by atoms with Crippen LogP contribution < -0.4 is 11.1 Å². The molecule has 17 heavy (non-hydrogen) atoms. The highest BCUT2D eigenvalue weighted by atomic mass is 32.2. The van der Waals surface area contributed by atoms with Gasteiger partial charge in [-0.15, -0.1) is 10.2 Å². The lowest BCUT2D eigenvalue weighted by Gasteiger charge is -2.11. The zero-order valence-electron chi connectivity index (χ0n) is 9.85. The third-order valence-corrected chi connectivity index (χ3v) is 4.60. The molecular formula is C10H17N5S2. The summed E-state index contributed by atoms with van der Waals surface area (Å²) in [6, 6.07) is 0.509. The van der Waals surface area contributed by atoms with Crippen LogP contribution in [0.2, 0.25) is 0 Å². The Kier molecular flexibility index (Phi) is 4.61. The summed E-state index contributed by atoms with van der Waals surface area (Å²) in [4.78, 5) is 4.29. The molecule has 7 heteroatoms. The van der Waals surface area contributed by atoms with Gasteiger partial charge in [0.1, 0.15) is 5.01 Å². The second-order valence-electron chi connectivity index (χ2n) is 3.99. The predicted octanol–water partition coefficient (Wildman–Crippen LogP) is 1.61. The Hall–Kier alpha value is -0.820. The monoisotopic (exact) mass is 271 g/mol. The number of rotatable bonds is 4. The van der Waals surface area contributed by atoms with Gasteiger partial charge in [-0.05, 0) is 19.1 Å². The van der Waals surface area contributed by atoms with Crippen molar-refractivity contribution in [2.24, 2.45) is 10.7 Å². The van der Waals surface area contributed by atoms with E-state index in [1.807, 2.05) is 6.26 Å². The first kappa shape index (κ1) is 12.6. The lowest BCUT2D eigenvalue weighted by atomic mass is 10.2. The van der Waals surface area contributed by atoms with Crippen molar-refractivity contribution < 1.29 is 0 Å². The molecule has 94 valence electrons. The topological polar surface area (TPSA) is 76.2 Å². The van der Waals surface area contributed by atoms with Gasteiger partial charge in [-0.2, -0.15) is 0 Å². The van der Waals surface area contributed by atoms with E-state index in [4.69, 9.17) is 5.73 Å². The Labute approximate surface area is 109 Å². The maximum absolute atomic E-state index is 5.83. The molecule has 0 atom stereocenters. The van der Waals surface area contributed by atoms with E-state index < -0.39 is 0 Å². The zero-order valence-corrected chi connectivity index (χ0v) is 11.5. The third-order valence-electron chi connectivity index (χ3n) is 2.71. The minimum Gasteiger partial charge on any atom is -0.370 e. The molecule has 1 aliphatic rings. The lowest BCUT2D eigenvalue weighted by Crippen LogP contribution is -2.38. The van der Waals surface area contributed by atoms with Crippen LogP contribution in [0.25, 0.3) is 0 Å². The van der Waals surface area contributed by atoms with Gasteiger partial charge in [0.15, 0.2) is 10.3 Å². The van der Waals surface area contributed by atoms with Gasteiger partial charge < -0.3 is 11.1 Å². The number of nitrogens with one attached hydrogen (secondary N) is 1. The number of guanidine groups is 1. The number of aliphatic imine (C=N–C) groups is 1. The van der Waals surface area contributed by atoms with Crippen LogP contribution in [-0.4, -0.2) is 28.5 Å². The fraction of sp³-hybridized carbons (Fsp3) is 0.700. The summed E-state index contributed by atoms with van der Waals surface area (Å²) in [6.45, 7) is 0.518. The largest absolute Gasteiger partial charge is 0.370 e. The minimum atomic E-state index is 0.509. The van der Waals surface area contributed by atoms with Crippen molar-refractivity contribution in [2.75, 3.05) is 6.26 Å².